The van der Waals surface area contributed by atoms with Crippen molar-refractivity contribution in [3.63, 3.8) is 0 Å². The minimum absolute atomic E-state index is 0.0548. The van der Waals surface area contributed by atoms with Crippen molar-refractivity contribution in [2.45, 2.75) is 20.3 Å². The number of esters is 1. The molecule has 0 aliphatic carbocycles. The number of hydrogen-bond donors (Lipinski definition) is 0. The maximum absolute atomic E-state index is 12.1. The molecule has 0 aromatic heterocycles. The summed E-state index contributed by atoms with van der Waals surface area (Å²) in [6.45, 7) is 4.66. The molecule has 20 heavy (non-hydrogen) atoms. The van der Waals surface area contributed by atoms with Crippen molar-refractivity contribution in [2.75, 3.05) is 26.8 Å². The van der Waals surface area contributed by atoms with Gasteiger partial charge in [0.2, 0.25) is 0 Å². The third kappa shape index (κ3) is 4.91. The Morgan fingerprint density at radius 1 is 1.15 bits per heavy atom. The summed E-state index contributed by atoms with van der Waals surface area (Å²) in [5.74, 6) is 0.0998. The Labute approximate surface area is 119 Å². The van der Waals surface area contributed by atoms with E-state index in [-0.39, 0.29) is 12.5 Å². The minimum Gasteiger partial charge on any atom is -0.494 e. The number of ether oxygens (including phenoxy) is 2. The standard InChI is InChI=1S/C15H21NO4/c1-4-10-20-13-8-6-12(7-9-13)15(18)16(3)11-14(17)19-5-2/h6-9H,4-5,10-11H2,1-3H3. The van der Waals surface area contributed by atoms with Gasteiger partial charge in [-0.1, -0.05) is 6.92 Å². The van der Waals surface area contributed by atoms with Gasteiger partial charge in [-0.25, -0.2) is 0 Å². The molecule has 1 aromatic carbocycles. The summed E-state index contributed by atoms with van der Waals surface area (Å²) < 4.78 is 10.3. The SMILES string of the molecule is CCCOc1ccc(C(=O)N(C)CC(=O)OCC)cc1. The van der Waals surface area contributed by atoms with E-state index in [1.807, 2.05) is 6.92 Å². The van der Waals surface area contributed by atoms with E-state index < -0.39 is 5.97 Å². The average Bonchev–Trinajstić information content (AvgIpc) is 2.45. The first kappa shape index (κ1) is 16.0. The van der Waals surface area contributed by atoms with Crippen molar-refractivity contribution >= 4 is 11.9 Å². The zero-order valence-corrected chi connectivity index (χ0v) is 12.2. The number of rotatable bonds is 7. The molecule has 5 heteroatoms. The van der Waals surface area contributed by atoms with Crippen molar-refractivity contribution < 1.29 is 19.1 Å². The van der Waals surface area contributed by atoms with Crippen LogP contribution < -0.4 is 4.74 Å². The third-order valence-corrected chi connectivity index (χ3v) is 2.59. The molecule has 1 aromatic rings. The summed E-state index contributed by atoms with van der Waals surface area (Å²) in [7, 11) is 1.57. The van der Waals surface area contributed by atoms with Crippen molar-refractivity contribution in [3.8, 4) is 5.75 Å². The van der Waals surface area contributed by atoms with Gasteiger partial charge in [0.05, 0.1) is 13.2 Å². The topological polar surface area (TPSA) is 55.8 Å². The van der Waals surface area contributed by atoms with Gasteiger partial charge in [0.15, 0.2) is 0 Å². The van der Waals surface area contributed by atoms with Gasteiger partial charge in [-0.15, -0.1) is 0 Å². The normalized spacial score (nSPS) is 9.95. The van der Waals surface area contributed by atoms with Crippen LogP contribution in [0.3, 0.4) is 0 Å². The van der Waals surface area contributed by atoms with Crippen molar-refractivity contribution in [1.82, 2.24) is 4.90 Å². The average molecular weight is 279 g/mol. The molecule has 0 N–H and O–H groups in total. The number of nitrogens with zero attached hydrogens (tertiary/aromatic N) is 1. The van der Waals surface area contributed by atoms with E-state index in [2.05, 4.69) is 0 Å². The number of carbonyl (C=O) groups excluding carboxylic acids is 2. The predicted octanol–water partition coefficient (Wildman–Crippen LogP) is 2.11. The Morgan fingerprint density at radius 3 is 2.35 bits per heavy atom. The van der Waals surface area contributed by atoms with Crippen LogP contribution in [0.5, 0.6) is 5.75 Å². The fourth-order valence-electron chi connectivity index (χ4n) is 1.61. The first-order chi connectivity index (χ1) is 9.58. The molecule has 0 aliphatic rings. The third-order valence-electron chi connectivity index (χ3n) is 2.59. The van der Waals surface area contributed by atoms with Gasteiger partial charge in [0, 0.05) is 12.6 Å². The molecule has 110 valence electrons. The van der Waals surface area contributed by atoms with Crippen molar-refractivity contribution in [2.24, 2.45) is 0 Å². The summed E-state index contributed by atoms with van der Waals surface area (Å²) in [5, 5.41) is 0. The first-order valence-corrected chi connectivity index (χ1v) is 6.72. The molecule has 1 amide bonds. The van der Waals surface area contributed by atoms with Crippen molar-refractivity contribution in [1.29, 1.82) is 0 Å². The van der Waals surface area contributed by atoms with E-state index in [0.717, 1.165) is 12.2 Å². The van der Waals surface area contributed by atoms with Crippen LogP contribution in [-0.4, -0.2) is 43.6 Å². The smallest absolute Gasteiger partial charge is 0.325 e. The molecule has 1 rings (SSSR count). The lowest BCUT2D eigenvalue weighted by molar-refractivity contribution is -0.143. The maximum atomic E-state index is 12.1. The largest absolute Gasteiger partial charge is 0.494 e. The van der Waals surface area contributed by atoms with Crippen LogP contribution in [0.4, 0.5) is 0 Å². The Bertz CT molecular complexity index is 442. The highest BCUT2D eigenvalue weighted by Gasteiger charge is 2.15. The van der Waals surface area contributed by atoms with E-state index in [1.54, 1.807) is 38.2 Å². The van der Waals surface area contributed by atoms with E-state index in [4.69, 9.17) is 9.47 Å². The quantitative estimate of drug-likeness (QED) is 0.717. The molecule has 0 aliphatic heterocycles. The number of hydrogen-bond acceptors (Lipinski definition) is 4. The molecular formula is C15H21NO4. The Kier molecular flexibility index (Phi) is 6.56. The van der Waals surface area contributed by atoms with E-state index in [9.17, 15) is 9.59 Å². The van der Waals surface area contributed by atoms with Gasteiger partial charge in [0.25, 0.3) is 5.91 Å². The molecular weight excluding hydrogens is 258 g/mol. The predicted molar refractivity (Wildman–Crippen MR) is 75.8 cm³/mol. The van der Waals surface area contributed by atoms with Crippen LogP contribution in [0.2, 0.25) is 0 Å². The summed E-state index contributed by atoms with van der Waals surface area (Å²) in [6, 6.07) is 6.88. The van der Waals surface area contributed by atoms with Crippen LogP contribution >= 0.6 is 0 Å². The van der Waals surface area contributed by atoms with E-state index >= 15 is 0 Å². The molecule has 0 radical (unpaired) electrons. The molecule has 0 heterocycles. The second kappa shape index (κ2) is 8.19. The van der Waals surface area contributed by atoms with Gasteiger partial charge in [0.1, 0.15) is 12.3 Å². The summed E-state index contributed by atoms with van der Waals surface area (Å²) in [4.78, 5) is 24.7. The molecule has 0 atom stereocenters. The minimum atomic E-state index is -0.411. The van der Waals surface area contributed by atoms with Crippen molar-refractivity contribution in [3.05, 3.63) is 29.8 Å². The summed E-state index contributed by atoms with van der Waals surface area (Å²) in [6.07, 6.45) is 0.933. The second-order valence-corrected chi connectivity index (χ2v) is 4.34. The van der Waals surface area contributed by atoms with Gasteiger partial charge >= 0.3 is 5.97 Å². The highest BCUT2D eigenvalue weighted by Crippen LogP contribution is 2.13. The van der Waals surface area contributed by atoms with Crippen LogP contribution in [0, 0.1) is 0 Å². The highest BCUT2D eigenvalue weighted by molar-refractivity contribution is 5.95. The fraction of sp³-hybridized carbons (Fsp3) is 0.467. The lowest BCUT2D eigenvalue weighted by Gasteiger charge is -2.16. The molecule has 0 spiro atoms. The molecule has 0 unspecified atom stereocenters. The Hall–Kier alpha value is -2.04. The molecule has 0 saturated heterocycles. The zero-order valence-electron chi connectivity index (χ0n) is 12.2. The number of benzene rings is 1. The molecule has 0 fully saturated rings. The highest BCUT2D eigenvalue weighted by atomic mass is 16.5. The number of likely N-dealkylation sites (N-methyl/N-ethyl adjacent to an activating group) is 1. The van der Waals surface area contributed by atoms with Crippen LogP contribution in [0.15, 0.2) is 24.3 Å². The van der Waals surface area contributed by atoms with Crippen LogP contribution in [0.1, 0.15) is 30.6 Å². The molecule has 5 nitrogen and oxygen atoms in total. The number of amides is 1. The van der Waals surface area contributed by atoms with Gasteiger partial charge < -0.3 is 14.4 Å². The fourth-order valence-corrected chi connectivity index (χ4v) is 1.61. The second-order valence-electron chi connectivity index (χ2n) is 4.34. The van der Waals surface area contributed by atoms with Gasteiger partial charge in [-0.2, -0.15) is 0 Å². The van der Waals surface area contributed by atoms with E-state index in [0.29, 0.717) is 18.8 Å². The van der Waals surface area contributed by atoms with E-state index in [1.165, 1.54) is 4.90 Å². The van der Waals surface area contributed by atoms with Crippen LogP contribution in [0.25, 0.3) is 0 Å². The maximum Gasteiger partial charge on any atom is 0.325 e. The first-order valence-electron chi connectivity index (χ1n) is 6.72. The monoisotopic (exact) mass is 279 g/mol. The Balaban J connectivity index is 2.60. The lowest BCUT2D eigenvalue weighted by Crippen LogP contribution is -2.33. The van der Waals surface area contributed by atoms with Gasteiger partial charge in [-0.3, -0.25) is 9.59 Å². The lowest BCUT2D eigenvalue weighted by atomic mass is 10.2. The summed E-state index contributed by atoms with van der Waals surface area (Å²) in [5.41, 5.74) is 0.514. The number of carbonyl (C=O) groups is 2. The Morgan fingerprint density at radius 2 is 1.80 bits per heavy atom. The molecule has 0 bridgehead atoms. The van der Waals surface area contributed by atoms with Gasteiger partial charge in [-0.05, 0) is 37.6 Å². The zero-order chi connectivity index (χ0) is 15.0. The summed E-state index contributed by atoms with van der Waals surface area (Å²) >= 11 is 0. The van der Waals surface area contributed by atoms with Crippen LogP contribution in [-0.2, 0) is 9.53 Å². The molecule has 0 saturated carbocycles.